The third kappa shape index (κ3) is 2.63. The highest BCUT2D eigenvalue weighted by atomic mass is 16.5. The minimum absolute atomic E-state index is 0.0885. The summed E-state index contributed by atoms with van der Waals surface area (Å²) in [5.74, 6) is -0.246. The summed E-state index contributed by atoms with van der Waals surface area (Å²) in [5, 5.41) is 12.4. The molecule has 1 heterocycles. The number of amides is 1. The van der Waals surface area contributed by atoms with E-state index in [4.69, 9.17) is 10.5 Å². The Bertz CT molecular complexity index is 428. The molecule has 4 N–H and O–H groups in total. The van der Waals surface area contributed by atoms with E-state index in [1.54, 1.807) is 24.3 Å². The average Bonchev–Trinajstić information content (AvgIpc) is 2.40. The molecule has 0 spiro atoms. The van der Waals surface area contributed by atoms with E-state index in [1.165, 1.54) is 0 Å². The molecule has 1 fully saturated rings. The number of nitrogens with one attached hydrogen (secondary N) is 1. The number of nitrogens with two attached hydrogens (primary N) is 1. The number of para-hydroxylation sites is 1. The maximum Gasteiger partial charge on any atom is 0.253 e. The minimum atomic E-state index is -0.586. The van der Waals surface area contributed by atoms with Gasteiger partial charge in [0.25, 0.3) is 5.91 Å². The van der Waals surface area contributed by atoms with Crippen molar-refractivity contribution in [1.29, 1.82) is 0 Å². The monoisotopic (exact) mass is 250 g/mol. The fourth-order valence-corrected chi connectivity index (χ4v) is 2.10. The second kappa shape index (κ2) is 5.37. The van der Waals surface area contributed by atoms with Crippen molar-refractivity contribution < 1.29 is 14.6 Å². The number of aliphatic hydroxyl groups excluding tert-OH is 1. The smallest absolute Gasteiger partial charge is 0.253 e. The molecule has 1 aromatic carbocycles. The Labute approximate surface area is 106 Å². The highest BCUT2D eigenvalue weighted by Gasteiger charge is 2.33. The Morgan fingerprint density at radius 3 is 2.67 bits per heavy atom. The number of nitrogen functional groups attached to an aromatic ring is 1. The van der Waals surface area contributed by atoms with Crippen LogP contribution in [0.4, 0.5) is 5.69 Å². The quantitative estimate of drug-likeness (QED) is 0.684. The van der Waals surface area contributed by atoms with Gasteiger partial charge in [-0.15, -0.1) is 0 Å². The summed E-state index contributed by atoms with van der Waals surface area (Å²) in [6.45, 7) is 1.01. The van der Waals surface area contributed by atoms with Crippen LogP contribution in [0.5, 0.6) is 0 Å². The van der Waals surface area contributed by atoms with Gasteiger partial charge in [0.05, 0.1) is 17.7 Å². The maximum absolute atomic E-state index is 12.2. The third-order valence-corrected chi connectivity index (χ3v) is 3.34. The zero-order chi connectivity index (χ0) is 13.0. The van der Waals surface area contributed by atoms with E-state index < -0.39 is 5.54 Å². The van der Waals surface area contributed by atoms with Crippen LogP contribution in [0.2, 0.25) is 0 Å². The first-order chi connectivity index (χ1) is 8.67. The molecule has 1 aliphatic heterocycles. The number of benzene rings is 1. The number of carbonyl (C=O) groups excluding carboxylic acids is 1. The second-order valence-electron chi connectivity index (χ2n) is 4.59. The van der Waals surface area contributed by atoms with E-state index in [9.17, 15) is 9.90 Å². The van der Waals surface area contributed by atoms with Gasteiger partial charge in [-0.3, -0.25) is 4.79 Å². The number of anilines is 1. The molecule has 0 radical (unpaired) electrons. The van der Waals surface area contributed by atoms with Gasteiger partial charge in [0, 0.05) is 18.9 Å². The van der Waals surface area contributed by atoms with E-state index in [2.05, 4.69) is 5.32 Å². The van der Waals surface area contributed by atoms with Crippen LogP contribution in [0, 0.1) is 0 Å². The molecular formula is C13H18N2O3. The predicted octanol–water partition coefficient (Wildman–Crippen LogP) is 0.540. The molecular weight excluding hydrogens is 232 g/mol. The molecule has 18 heavy (non-hydrogen) atoms. The molecule has 5 nitrogen and oxygen atoms in total. The fourth-order valence-electron chi connectivity index (χ4n) is 2.10. The lowest BCUT2D eigenvalue weighted by Crippen LogP contribution is -2.54. The number of hydrogen-bond acceptors (Lipinski definition) is 4. The molecule has 5 heteroatoms. The third-order valence-electron chi connectivity index (χ3n) is 3.34. The Morgan fingerprint density at radius 1 is 1.39 bits per heavy atom. The van der Waals surface area contributed by atoms with Crippen molar-refractivity contribution in [3.05, 3.63) is 29.8 Å². The number of aliphatic hydroxyl groups is 1. The molecule has 1 amide bonds. The number of carbonyl (C=O) groups is 1. The molecule has 1 aromatic rings. The Hall–Kier alpha value is -1.59. The van der Waals surface area contributed by atoms with Crippen LogP contribution < -0.4 is 11.1 Å². The summed E-state index contributed by atoms with van der Waals surface area (Å²) in [6, 6.07) is 6.91. The van der Waals surface area contributed by atoms with Crippen LogP contribution in [0.25, 0.3) is 0 Å². The summed E-state index contributed by atoms with van der Waals surface area (Å²) < 4.78 is 5.25. The first kappa shape index (κ1) is 12.9. The molecule has 2 rings (SSSR count). The molecule has 0 aromatic heterocycles. The largest absolute Gasteiger partial charge is 0.398 e. The van der Waals surface area contributed by atoms with Crippen molar-refractivity contribution in [2.24, 2.45) is 0 Å². The van der Waals surface area contributed by atoms with Crippen LogP contribution in [-0.4, -0.2) is 36.4 Å². The molecule has 0 aliphatic carbocycles. The lowest BCUT2D eigenvalue weighted by molar-refractivity contribution is 0.0125. The van der Waals surface area contributed by atoms with Gasteiger partial charge in [0.2, 0.25) is 0 Å². The SMILES string of the molecule is Nc1ccccc1C(=O)NC1(CO)CCOCC1. The van der Waals surface area contributed by atoms with Gasteiger partial charge in [0.1, 0.15) is 0 Å². The average molecular weight is 250 g/mol. The highest BCUT2D eigenvalue weighted by Crippen LogP contribution is 2.21. The van der Waals surface area contributed by atoms with E-state index in [-0.39, 0.29) is 12.5 Å². The summed E-state index contributed by atoms with van der Waals surface area (Å²) >= 11 is 0. The van der Waals surface area contributed by atoms with Gasteiger partial charge in [-0.05, 0) is 25.0 Å². The molecule has 0 bridgehead atoms. The molecule has 0 saturated carbocycles. The molecule has 98 valence electrons. The van der Waals surface area contributed by atoms with Crippen molar-refractivity contribution in [1.82, 2.24) is 5.32 Å². The van der Waals surface area contributed by atoms with Crippen molar-refractivity contribution in [3.8, 4) is 0 Å². The van der Waals surface area contributed by atoms with Crippen molar-refractivity contribution >= 4 is 11.6 Å². The molecule has 1 saturated heterocycles. The zero-order valence-electron chi connectivity index (χ0n) is 10.2. The lowest BCUT2D eigenvalue weighted by Gasteiger charge is -2.36. The summed E-state index contributed by atoms with van der Waals surface area (Å²) in [6.07, 6.45) is 1.23. The molecule has 1 aliphatic rings. The van der Waals surface area contributed by atoms with Gasteiger partial charge in [-0.2, -0.15) is 0 Å². The van der Waals surface area contributed by atoms with Crippen LogP contribution in [0.1, 0.15) is 23.2 Å². The second-order valence-corrected chi connectivity index (χ2v) is 4.59. The van der Waals surface area contributed by atoms with Crippen molar-refractivity contribution in [3.63, 3.8) is 0 Å². The number of rotatable bonds is 3. The molecule has 0 atom stereocenters. The first-order valence-corrected chi connectivity index (χ1v) is 6.02. The van der Waals surface area contributed by atoms with Gasteiger partial charge >= 0.3 is 0 Å². The van der Waals surface area contributed by atoms with Crippen molar-refractivity contribution in [2.75, 3.05) is 25.6 Å². The summed E-state index contributed by atoms with van der Waals surface area (Å²) in [4.78, 5) is 12.2. The highest BCUT2D eigenvalue weighted by molar-refractivity contribution is 5.99. The van der Waals surface area contributed by atoms with Crippen LogP contribution in [-0.2, 0) is 4.74 Å². The standard InChI is InChI=1S/C13H18N2O3/c14-11-4-2-1-3-10(11)12(17)15-13(9-16)5-7-18-8-6-13/h1-4,16H,5-9,14H2,(H,15,17). The lowest BCUT2D eigenvalue weighted by atomic mass is 9.90. The van der Waals surface area contributed by atoms with Gasteiger partial charge in [-0.25, -0.2) is 0 Å². The Balaban J connectivity index is 2.13. The van der Waals surface area contributed by atoms with Crippen LogP contribution >= 0.6 is 0 Å². The fraction of sp³-hybridized carbons (Fsp3) is 0.462. The van der Waals surface area contributed by atoms with Crippen LogP contribution in [0.15, 0.2) is 24.3 Å². The van der Waals surface area contributed by atoms with E-state index >= 15 is 0 Å². The van der Waals surface area contributed by atoms with Crippen LogP contribution in [0.3, 0.4) is 0 Å². The van der Waals surface area contributed by atoms with Gasteiger partial charge in [0.15, 0.2) is 0 Å². The normalized spacial score (nSPS) is 18.3. The Kier molecular flexibility index (Phi) is 3.84. The molecule has 0 unspecified atom stereocenters. The van der Waals surface area contributed by atoms with Crippen molar-refractivity contribution in [2.45, 2.75) is 18.4 Å². The van der Waals surface area contributed by atoms with Gasteiger partial charge in [-0.1, -0.05) is 12.1 Å². The Morgan fingerprint density at radius 2 is 2.06 bits per heavy atom. The zero-order valence-corrected chi connectivity index (χ0v) is 10.2. The summed E-state index contributed by atoms with van der Waals surface area (Å²) in [5.41, 5.74) is 6.06. The first-order valence-electron chi connectivity index (χ1n) is 6.02. The minimum Gasteiger partial charge on any atom is -0.398 e. The van der Waals surface area contributed by atoms with E-state index in [0.29, 0.717) is 37.3 Å². The summed E-state index contributed by atoms with van der Waals surface area (Å²) in [7, 11) is 0. The number of hydrogen-bond donors (Lipinski definition) is 3. The number of ether oxygens (including phenoxy) is 1. The van der Waals surface area contributed by atoms with E-state index in [1.807, 2.05) is 0 Å². The topological polar surface area (TPSA) is 84.6 Å². The van der Waals surface area contributed by atoms with E-state index in [0.717, 1.165) is 0 Å². The predicted molar refractivity (Wildman–Crippen MR) is 68.2 cm³/mol. The maximum atomic E-state index is 12.2. The van der Waals surface area contributed by atoms with Gasteiger partial charge < -0.3 is 20.9 Å².